The van der Waals surface area contributed by atoms with Crippen molar-refractivity contribution < 1.29 is 4.74 Å². The van der Waals surface area contributed by atoms with Crippen LogP contribution in [0.2, 0.25) is 0 Å². The molecule has 0 bridgehead atoms. The normalized spacial score (nSPS) is 10.3. The lowest BCUT2D eigenvalue weighted by molar-refractivity contribution is 0.0450. The summed E-state index contributed by atoms with van der Waals surface area (Å²) >= 11 is 0. The van der Waals surface area contributed by atoms with Gasteiger partial charge < -0.3 is 10.1 Å². The van der Waals surface area contributed by atoms with E-state index in [1.807, 2.05) is 20.8 Å². The lowest BCUT2D eigenvalue weighted by Crippen LogP contribution is -2.22. The van der Waals surface area contributed by atoms with E-state index in [0.29, 0.717) is 5.88 Å². The topological polar surface area (TPSA) is 21.3 Å². The molecule has 0 heterocycles. The molecule has 0 aliphatic rings. The molecule has 0 aliphatic carbocycles. The van der Waals surface area contributed by atoms with E-state index in [-0.39, 0.29) is 5.60 Å². The van der Waals surface area contributed by atoms with Crippen LogP contribution >= 0.6 is 0 Å². The quantitative estimate of drug-likeness (QED) is 0.607. The van der Waals surface area contributed by atoms with Crippen molar-refractivity contribution in [2.45, 2.75) is 26.4 Å². The van der Waals surface area contributed by atoms with Crippen molar-refractivity contribution in [2.75, 3.05) is 0 Å². The Balaban J connectivity index is 3.68. The minimum Gasteiger partial charge on any atom is -0.474 e. The van der Waals surface area contributed by atoms with Crippen LogP contribution < -0.4 is 5.32 Å². The second kappa shape index (κ2) is 3.30. The van der Waals surface area contributed by atoms with E-state index in [9.17, 15) is 0 Å². The minimum atomic E-state index is -0.187. The summed E-state index contributed by atoms with van der Waals surface area (Å²) in [4.78, 5) is 0. The first kappa shape index (κ1) is 9.08. The zero-order valence-corrected chi connectivity index (χ0v) is 6.90. The summed E-state index contributed by atoms with van der Waals surface area (Å²) in [5.74, 6) is 0.530. The fourth-order valence-corrected chi connectivity index (χ4v) is 0.513. The van der Waals surface area contributed by atoms with Gasteiger partial charge in [-0.05, 0) is 33.6 Å². The van der Waals surface area contributed by atoms with E-state index in [0.717, 1.165) is 0 Å². The third kappa shape index (κ3) is 5.22. The van der Waals surface area contributed by atoms with Gasteiger partial charge in [0.1, 0.15) is 5.60 Å². The Morgan fingerprint density at radius 2 is 2.00 bits per heavy atom. The highest BCUT2D eigenvalue weighted by Gasteiger charge is 2.10. The maximum absolute atomic E-state index is 5.30. The first-order valence-electron chi connectivity index (χ1n) is 3.21. The van der Waals surface area contributed by atoms with Crippen molar-refractivity contribution in [3.05, 3.63) is 25.2 Å². The first-order valence-corrected chi connectivity index (χ1v) is 3.21. The van der Waals surface area contributed by atoms with Crippen LogP contribution in [0.3, 0.4) is 0 Å². The second-order valence-electron chi connectivity index (χ2n) is 2.99. The Hall–Kier alpha value is -0.920. The van der Waals surface area contributed by atoms with Gasteiger partial charge in [-0.1, -0.05) is 6.58 Å². The summed E-state index contributed by atoms with van der Waals surface area (Å²) in [6, 6.07) is 0. The average molecular weight is 141 g/mol. The molecular formula is C8H15NO. The van der Waals surface area contributed by atoms with Crippen molar-refractivity contribution in [3.8, 4) is 0 Å². The van der Waals surface area contributed by atoms with Crippen LogP contribution in [0.25, 0.3) is 0 Å². The Labute approximate surface area is 62.6 Å². The highest BCUT2D eigenvalue weighted by atomic mass is 16.5. The SMILES string of the molecule is C=CNC(=C)OC(C)(C)C. The molecule has 0 spiro atoms. The van der Waals surface area contributed by atoms with Gasteiger partial charge in [-0.15, -0.1) is 0 Å². The van der Waals surface area contributed by atoms with Crippen molar-refractivity contribution >= 4 is 0 Å². The second-order valence-corrected chi connectivity index (χ2v) is 2.99. The lowest BCUT2D eigenvalue weighted by Gasteiger charge is -2.22. The molecule has 0 rings (SSSR count). The van der Waals surface area contributed by atoms with Gasteiger partial charge in [0.05, 0.1) is 0 Å². The van der Waals surface area contributed by atoms with Crippen LogP contribution in [0, 0.1) is 0 Å². The molecule has 0 radical (unpaired) electrons. The zero-order chi connectivity index (χ0) is 8.20. The summed E-state index contributed by atoms with van der Waals surface area (Å²) in [5.41, 5.74) is -0.187. The molecule has 0 saturated heterocycles. The van der Waals surface area contributed by atoms with Crippen LogP contribution in [0.1, 0.15) is 20.8 Å². The molecule has 0 fully saturated rings. The summed E-state index contributed by atoms with van der Waals surface area (Å²) in [5, 5.41) is 2.75. The van der Waals surface area contributed by atoms with Gasteiger partial charge in [0.25, 0.3) is 0 Å². The standard InChI is InChI=1S/C8H15NO/c1-6-9-7(2)10-8(3,4)5/h6,9H,1-2H2,3-5H3. The summed E-state index contributed by atoms with van der Waals surface area (Å²) in [6.07, 6.45) is 1.54. The predicted octanol–water partition coefficient (Wildman–Crippen LogP) is 2.01. The summed E-state index contributed by atoms with van der Waals surface area (Å²) in [7, 11) is 0. The van der Waals surface area contributed by atoms with Crippen LogP contribution in [0.4, 0.5) is 0 Å². The zero-order valence-electron chi connectivity index (χ0n) is 6.90. The third-order valence-electron chi connectivity index (χ3n) is 0.692. The molecule has 0 aromatic rings. The van der Waals surface area contributed by atoms with E-state index in [2.05, 4.69) is 18.5 Å². The van der Waals surface area contributed by atoms with Crippen molar-refractivity contribution in [2.24, 2.45) is 0 Å². The summed E-state index contributed by atoms with van der Waals surface area (Å²) < 4.78 is 5.30. The van der Waals surface area contributed by atoms with Gasteiger partial charge in [-0.3, -0.25) is 0 Å². The molecule has 0 aliphatic heterocycles. The maximum atomic E-state index is 5.30. The van der Waals surface area contributed by atoms with Crippen molar-refractivity contribution in [1.82, 2.24) is 5.32 Å². The molecule has 2 heteroatoms. The monoisotopic (exact) mass is 141 g/mol. The molecule has 1 N–H and O–H groups in total. The number of nitrogens with one attached hydrogen (secondary N) is 1. The summed E-state index contributed by atoms with van der Waals surface area (Å²) in [6.45, 7) is 13.0. The van der Waals surface area contributed by atoms with Crippen LogP contribution in [0.15, 0.2) is 25.2 Å². The molecule has 0 unspecified atom stereocenters. The fraction of sp³-hybridized carbons (Fsp3) is 0.500. The Morgan fingerprint density at radius 3 is 2.30 bits per heavy atom. The van der Waals surface area contributed by atoms with Crippen LogP contribution in [-0.4, -0.2) is 5.60 Å². The molecule has 0 aromatic heterocycles. The average Bonchev–Trinajstić information content (AvgIpc) is 1.59. The predicted molar refractivity (Wildman–Crippen MR) is 43.3 cm³/mol. The fourth-order valence-electron chi connectivity index (χ4n) is 0.513. The van der Waals surface area contributed by atoms with Gasteiger partial charge in [0.15, 0.2) is 5.88 Å². The number of rotatable bonds is 3. The largest absolute Gasteiger partial charge is 0.474 e. The minimum absolute atomic E-state index is 0.187. The lowest BCUT2D eigenvalue weighted by atomic mass is 10.2. The number of hydrogen-bond acceptors (Lipinski definition) is 2. The van der Waals surface area contributed by atoms with Crippen molar-refractivity contribution in [1.29, 1.82) is 0 Å². The first-order chi connectivity index (χ1) is 4.45. The molecule has 58 valence electrons. The van der Waals surface area contributed by atoms with E-state index in [1.165, 1.54) is 6.20 Å². The number of ether oxygens (including phenoxy) is 1. The third-order valence-corrected chi connectivity index (χ3v) is 0.692. The maximum Gasteiger partial charge on any atom is 0.183 e. The number of hydrogen-bond donors (Lipinski definition) is 1. The smallest absolute Gasteiger partial charge is 0.183 e. The van der Waals surface area contributed by atoms with E-state index >= 15 is 0 Å². The van der Waals surface area contributed by atoms with E-state index in [4.69, 9.17) is 4.74 Å². The molecule has 0 saturated carbocycles. The van der Waals surface area contributed by atoms with Crippen LogP contribution in [-0.2, 0) is 4.74 Å². The molecular weight excluding hydrogens is 126 g/mol. The highest BCUT2D eigenvalue weighted by molar-refractivity contribution is 4.87. The van der Waals surface area contributed by atoms with Gasteiger partial charge >= 0.3 is 0 Å². The van der Waals surface area contributed by atoms with Crippen LogP contribution in [0.5, 0.6) is 0 Å². The molecule has 0 amide bonds. The van der Waals surface area contributed by atoms with Crippen molar-refractivity contribution in [3.63, 3.8) is 0 Å². The van der Waals surface area contributed by atoms with E-state index < -0.39 is 0 Å². The van der Waals surface area contributed by atoms with Gasteiger partial charge in [-0.2, -0.15) is 0 Å². The molecule has 0 atom stereocenters. The molecule has 0 aromatic carbocycles. The molecule has 10 heavy (non-hydrogen) atoms. The van der Waals surface area contributed by atoms with Gasteiger partial charge in [0.2, 0.25) is 0 Å². The Bertz CT molecular complexity index is 133. The Morgan fingerprint density at radius 1 is 1.50 bits per heavy atom. The van der Waals surface area contributed by atoms with Gasteiger partial charge in [0, 0.05) is 0 Å². The van der Waals surface area contributed by atoms with E-state index in [1.54, 1.807) is 0 Å². The molecule has 2 nitrogen and oxygen atoms in total. The Kier molecular flexibility index (Phi) is 3.00. The van der Waals surface area contributed by atoms with Gasteiger partial charge in [-0.25, -0.2) is 0 Å². The highest BCUT2D eigenvalue weighted by Crippen LogP contribution is 2.09.